The topological polar surface area (TPSA) is 62.2 Å². The number of hydrogen-bond donors (Lipinski definition) is 2. The summed E-state index contributed by atoms with van der Waals surface area (Å²) in [7, 11) is 1.57. The summed E-state index contributed by atoms with van der Waals surface area (Å²) in [6.07, 6.45) is 2.22. The first-order valence-corrected chi connectivity index (χ1v) is 6.26. The number of nitrogens with one attached hydrogen (secondary N) is 1. The second kappa shape index (κ2) is 6.02. The van der Waals surface area contributed by atoms with Crippen molar-refractivity contribution in [3.8, 4) is 5.75 Å². The Hall–Kier alpha value is -2.62. The Kier molecular flexibility index (Phi) is 4.15. The molecule has 0 saturated carbocycles. The van der Waals surface area contributed by atoms with Gasteiger partial charge in [-0.2, -0.15) is 0 Å². The zero-order chi connectivity index (χ0) is 14.5. The van der Waals surface area contributed by atoms with E-state index in [0.29, 0.717) is 12.1 Å². The molecule has 1 aromatic carbocycles. The predicted octanol–water partition coefficient (Wildman–Crippen LogP) is 2.38. The van der Waals surface area contributed by atoms with E-state index in [2.05, 4.69) is 16.9 Å². The minimum absolute atomic E-state index is 0.217. The molecule has 2 aromatic rings. The first-order chi connectivity index (χ1) is 9.62. The number of phenolic OH excluding ortho intramolecular Hbond substituents is 1. The Bertz CT molecular complexity index is 651. The molecule has 4 heteroatoms. The van der Waals surface area contributed by atoms with Crippen molar-refractivity contribution in [3.05, 3.63) is 65.5 Å². The van der Waals surface area contributed by atoms with Crippen LogP contribution in [-0.2, 0) is 6.42 Å². The zero-order valence-corrected chi connectivity index (χ0v) is 11.3. The lowest BCUT2D eigenvalue weighted by molar-refractivity contribution is 0.0958. The van der Waals surface area contributed by atoms with Crippen LogP contribution in [0.2, 0.25) is 0 Å². The number of pyridine rings is 1. The van der Waals surface area contributed by atoms with Gasteiger partial charge in [-0.3, -0.25) is 4.79 Å². The number of phenols is 1. The van der Waals surface area contributed by atoms with Crippen molar-refractivity contribution in [1.82, 2.24) is 10.3 Å². The minimum Gasteiger partial charge on any atom is -0.508 e. The lowest BCUT2D eigenvalue weighted by atomic mass is 10.1. The number of nitrogens with zero attached hydrogens (tertiary/aromatic N) is 1. The van der Waals surface area contributed by atoms with Gasteiger partial charge in [0.15, 0.2) is 0 Å². The molecule has 0 aliphatic carbocycles. The summed E-state index contributed by atoms with van der Waals surface area (Å²) < 4.78 is 0. The molecule has 1 aromatic heterocycles. The summed E-state index contributed by atoms with van der Waals surface area (Å²) in [6, 6.07) is 10.6. The molecule has 2 rings (SSSR count). The fourth-order valence-corrected chi connectivity index (χ4v) is 1.94. The number of rotatable bonds is 4. The third kappa shape index (κ3) is 3.23. The molecule has 20 heavy (non-hydrogen) atoms. The molecule has 0 bridgehead atoms. The molecule has 1 heterocycles. The van der Waals surface area contributed by atoms with E-state index in [-0.39, 0.29) is 11.7 Å². The van der Waals surface area contributed by atoms with Crippen molar-refractivity contribution >= 4 is 12.0 Å². The van der Waals surface area contributed by atoms with Gasteiger partial charge in [0.05, 0.1) is 0 Å². The number of aromatic nitrogens is 1. The van der Waals surface area contributed by atoms with Crippen LogP contribution in [0.3, 0.4) is 0 Å². The van der Waals surface area contributed by atoms with Gasteiger partial charge >= 0.3 is 0 Å². The molecule has 1 amide bonds. The van der Waals surface area contributed by atoms with Crippen molar-refractivity contribution in [1.29, 1.82) is 0 Å². The molecular weight excluding hydrogens is 252 g/mol. The van der Waals surface area contributed by atoms with Gasteiger partial charge in [0.2, 0.25) is 0 Å². The fourth-order valence-electron chi connectivity index (χ4n) is 1.94. The lowest BCUT2D eigenvalue weighted by Gasteiger charge is -2.07. The number of hydrogen-bond acceptors (Lipinski definition) is 3. The second-order valence-electron chi connectivity index (χ2n) is 4.41. The van der Waals surface area contributed by atoms with E-state index in [1.165, 1.54) is 0 Å². The van der Waals surface area contributed by atoms with Crippen LogP contribution in [0, 0.1) is 0 Å². The van der Waals surface area contributed by atoms with Crippen LogP contribution in [0.1, 0.15) is 27.3 Å². The summed E-state index contributed by atoms with van der Waals surface area (Å²) in [5.41, 5.74) is 2.89. The van der Waals surface area contributed by atoms with E-state index in [1.54, 1.807) is 37.4 Å². The molecule has 0 spiro atoms. The summed E-state index contributed by atoms with van der Waals surface area (Å²) in [6.45, 7) is 3.72. The van der Waals surface area contributed by atoms with Crippen LogP contribution in [0.25, 0.3) is 6.08 Å². The van der Waals surface area contributed by atoms with Gasteiger partial charge in [0.1, 0.15) is 11.4 Å². The highest BCUT2D eigenvalue weighted by molar-refractivity contribution is 5.92. The Morgan fingerprint density at radius 1 is 1.40 bits per heavy atom. The SMILES string of the molecule is C=Cc1cc(Cc2cccc(O)c2)nc(C(=O)NC)c1. The summed E-state index contributed by atoms with van der Waals surface area (Å²) >= 11 is 0. The first kappa shape index (κ1) is 13.8. The third-order valence-electron chi connectivity index (χ3n) is 2.89. The first-order valence-electron chi connectivity index (χ1n) is 6.26. The maximum Gasteiger partial charge on any atom is 0.269 e. The minimum atomic E-state index is -0.231. The maximum absolute atomic E-state index is 11.7. The summed E-state index contributed by atoms with van der Waals surface area (Å²) in [5, 5.41) is 12.0. The third-order valence-corrected chi connectivity index (χ3v) is 2.89. The Morgan fingerprint density at radius 3 is 2.85 bits per heavy atom. The van der Waals surface area contributed by atoms with E-state index in [1.807, 2.05) is 12.1 Å². The molecule has 0 radical (unpaired) electrons. The van der Waals surface area contributed by atoms with Gasteiger partial charge in [-0.15, -0.1) is 0 Å². The van der Waals surface area contributed by atoms with Crippen LogP contribution < -0.4 is 5.32 Å². The summed E-state index contributed by atoms with van der Waals surface area (Å²) in [4.78, 5) is 16.0. The van der Waals surface area contributed by atoms with E-state index in [9.17, 15) is 9.90 Å². The molecule has 0 aliphatic rings. The molecule has 2 N–H and O–H groups in total. The van der Waals surface area contributed by atoms with E-state index >= 15 is 0 Å². The van der Waals surface area contributed by atoms with Crippen LogP contribution in [0.4, 0.5) is 0 Å². The highest BCUT2D eigenvalue weighted by atomic mass is 16.3. The zero-order valence-electron chi connectivity index (χ0n) is 11.3. The standard InChI is InChI=1S/C16H16N2O2/c1-3-11-7-13(18-15(10-11)16(20)17-2)8-12-5-4-6-14(19)9-12/h3-7,9-10,19H,1,8H2,2H3,(H,17,20). The molecular formula is C16H16N2O2. The van der Waals surface area contributed by atoms with Crippen molar-refractivity contribution in [2.45, 2.75) is 6.42 Å². The number of aromatic hydroxyl groups is 1. The van der Waals surface area contributed by atoms with Gasteiger partial charge in [-0.1, -0.05) is 24.8 Å². The normalized spacial score (nSPS) is 10.1. The maximum atomic E-state index is 11.7. The fraction of sp³-hybridized carbons (Fsp3) is 0.125. The average molecular weight is 268 g/mol. The van der Waals surface area contributed by atoms with Crippen LogP contribution >= 0.6 is 0 Å². The largest absolute Gasteiger partial charge is 0.508 e. The van der Waals surface area contributed by atoms with Crippen molar-refractivity contribution < 1.29 is 9.90 Å². The molecule has 102 valence electrons. The van der Waals surface area contributed by atoms with Crippen molar-refractivity contribution in [2.75, 3.05) is 7.05 Å². The van der Waals surface area contributed by atoms with Crippen molar-refractivity contribution in [2.24, 2.45) is 0 Å². The van der Waals surface area contributed by atoms with Crippen LogP contribution in [0.15, 0.2) is 43.0 Å². The van der Waals surface area contributed by atoms with E-state index in [4.69, 9.17) is 0 Å². The van der Waals surface area contributed by atoms with E-state index < -0.39 is 0 Å². The highest BCUT2D eigenvalue weighted by Crippen LogP contribution is 2.16. The number of carbonyl (C=O) groups is 1. The Morgan fingerprint density at radius 2 is 2.20 bits per heavy atom. The van der Waals surface area contributed by atoms with Gasteiger partial charge in [-0.25, -0.2) is 4.98 Å². The second-order valence-corrected chi connectivity index (χ2v) is 4.41. The van der Waals surface area contributed by atoms with Gasteiger partial charge in [0.25, 0.3) is 5.91 Å². The number of benzene rings is 1. The van der Waals surface area contributed by atoms with Crippen molar-refractivity contribution in [3.63, 3.8) is 0 Å². The van der Waals surface area contributed by atoms with Gasteiger partial charge in [0, 0.05) is 19.2 Å². The Labute approximate surface area is 117 Å². The van der Waals surface area contributed by atoms with Crippen LogP contribution in [0.5, 0.6) is 5.75 Å². The molecule has 0 fully saturated rings. The molecule has 4 nitrogen and oxygen atoms in total. The lowest BCUT2D eigenvalue weighted by Crippen LogP contribution is -2.20. The number of carbonyl (C=O) groups excluding carboxylic acids is 1. The molecule has 0 aliphatic heterocycles. The summed E-state index contributed by atoms with van der Waals surface area (Å²) in [5.74, 6) is -0.0141. The highest BCUT2D eigenvalue weighted by Gasteiger charge is 2.08. The van der Waals surface area contributed by atoms with Gasteiger partial charge in [-0.05, 0) is 35.4 Å². The molecule has 0 atom stereocenters. The van der Waals surface area contributed by atoms with E-state index in [0.717, 1.165) is 16.8 Å². The average Bonchev–Trinajstić information content (AvgIpc) is 2.46. The number of amides is 1. The predicted molar refractivity (Wildman–Crippen MR) is 78.6 cm³/mol. The Balaban J connectivity index is 2.35. The monoisotopic (exact) mass is 268 g/mol. The molecule has 0 unspecified atom stereocenters. The van der Waals surface area contributed by atoms with Crippen LogP contribution in [-0.4, -0.2) is 23.0 Å². The molecule has 0 saturated heterocycles. The quantitative estimate of drug-likeness (QED) is 0.895. The van der Waals surface area contributed by atoms with Gasteiger partial charge < -0.3 is 10.4 Å². The smallest absolute Gasteiger partial charge is 0.269 e.